The first-order valence-corrected chi connectivity index (χ1v) is 6.15. The lowest BCUT2D eigenvalue weighted by Gasteiger charge is -1.94. The van der Waals surface area contributed by atoms with Gasteiger partial charge in [0.15, 0.2) is 0 Å². The summed E-state index contributed by atoms with van der Waals surface area (Å²) < 4.78 is 5.99. The topological polar surface area (TPSA) is 25.8 Å². The molecule has 1 aromatic carbocycles. The largest absolute Gasteiger partial charge is 0.210 e. The zero-order chi connectivity index (χ0) is 9.26. The molecule has 0 saturated carbocycles. The van der Waals surface area contributed by atoms with Crippen molar-refractivity contribution >= 4 is 50.1 Å². The molecule has 2 rings (SSSR count). The van der Waals surface area contributed by atoms with Crippen molar-refractivity contribution in [2.24, 2.45) is 0 Å². The van der Waals surface area contributed by atoms with Crippen molar-refractivity contribution < 1.29 is 0 Å². The van der Waals surface area contributed by atoms with Crippen molar-refractivity contribution in [2.75, 3.05) is 0 Å². The zero-order valence-electron chi connectivity index (χ0n) is 6.37. The highest BCUT2D eigenvalue weighted by atomic mass is 127. The van der Waals surface area contributed by atoms with Crippen LogP contribution in [0, 0.1) is 3.83 Å². The molecule has 1 aromatic heterocycles. The number of hydrogen-bond donors (Lipinski definition) is 0. The molecule has 0 spiro atoms. The third-order valence-corrected chi connectivity index (χ3v) is 3.54. The third-order valence-electron chi connectivity index (χ3n) is 1.47. The molecule has 0 saturated heterocycles. The number of halogens is 2. The van der Waals surface area contributed by atoms with Gasteiger partial charge in [-0.05, 0) is 23.7 Å². The van der Waals surface area contributed by atoms with E-state index in [9.17, 15) is 0 Å². The summed E-state index contributed by atoms with van der Waals surface area (Å²) >= 11 is 6.96. The van der Waals surface area contributed by atoms with Gasteiger partial charge in [0.1, 0.15) is 5.01 Å². The van der Waals surface area contributed by atoms with Gasteiger partial charge in [0, 0.05) is 32.6 Å². The molecule has 0 fully saturated rings. The molecule has 0 unspecified atom stereocenters. The maximum atomic E-state index is 4.30. The van der Waals surface area contributed by atoms with E-state index in [-0.39, 0.29) is 0 Å². The average molecular weight is 367 g/mol. The predicted octanol–water partition coefficient (Wildman–Crippen LogP) is 3.57. The van der Waals surface area contributed by atoms with E-state index in [2.05, 4.69) is 47.9 Å². The van der Waals surface area contributed by atoms with E-state index in [1.54, 1.807) is 0 Å². The molecular weight excluding hydrogens is 363 g/mol. The highest BCUT2D eigenvalue weighted by Crippen LogP contribution is 2.24. The Bertz CT molecular complexity index is 430. The molecule has 0 aliphatic heterocycles. The Hall–Kier alpha value is -0.0100. The van der Waals surface area contributed by atoms with Crippen molar-refractivity contribution in [3.63, 3.8) is 0 Å². The summed E-state index contributed by atoms with van der Waals surface area (Å²) in [5, 5.41) is 0.964. The van der Waals surface area contributed by atoms with Gasteiger partial charge in [0.05, 0.1) is 0 Å². The molecule has 0 radical (unpaired) electrons. The maximum absolute atomic E-state index is 4.30. The fourth-order valence-electron chi connectivity index (χ4n) is 0.944. The van der Waals surface area contributed by atoms with Crippen molar-refractivity contribution in [1.82, 2.24) is 9.36 Å². The van der Waals surface area contributed by atoms with E-state index in [1.807, 2.05) is 24.3 Å². The van der Waals surface area contributed by atoms with E-state index < -0.39 is 0 Å². The van der Waals surface area contributed by atoms with E-state index in [1.165, 1.54) is 11.5 Å². The van der Waals surface area contributed by atoms with Crippen LogP contribution in [-0.4, -0.2) is 9.36 Å². The van der Waals surface area contributed by atoms with Crippen LogP contribution in [0.3, 0.4) is 0 Å². The smallest absolute Gasteiger partial charge is 0.203 e. The van der Waals surface area contributed by atoms with Crippen molar-refractivity contribution in [3.8, 4) is 10.6 Å². The van der Waals surface area contributed by atoms with Gasteiger partial charge in [-0.2, -0.15) is 4.37 Å². The third kappa shape index (κ3) is 2.26. The van der Waals surface area contributed by atoms with Crippen LogP contribution >= 0.6 is 50.1 Å². The standard InChI is InChI=1S/C8H4BrIN2S/c9-6-3-1-2-5(4-6)7-11-8(10)12-13-7/h1-4H. The second kappa shape index (κ2) is 4.02. The second-order valence-electron chi connectivity index (χ2n) is 2.38. The molecule has 66 valence electrons. The molecule has 5 heteroatoms. The van der Waals surface area contributed by atoms with Crippen LogP contribution in [0.25, 0.3) is 10.6 Å². The van der Waals surface area contributed by atoms with Crippen molar-refractivity contribution in [1.29, 1.82) is 0 Å². The number of nitrogens with zero attached hydrogens (tertiary/aromatic N) is 2. The average Bonchev–Trinajstić information content (AvgIpc) is 2.52. The molecule has 2 nitrogen and oxygen atoms in total. The van der Waals surface area contributed by atoms with Gasteiger partial charge in [-0.25, -0.2) is 4.98 Å². The van der Waals surface area contributed by atoms with E-state index in [0.717, 1.165) is 18.9 Å². The highest BCUT2D eigenvalue weighted by molar-refractivity contribution is 14.1. The number of aromatic nitrogens is 2. The van der Waals surface area contributed by atoms with Gasteiger partial charge in [0.2, 0.25) is 3.83 Å². The molecule has 2 aromatic rings. The van der Waals surface area contributed by atoms with Gasteiger partial charge in [-0.15, -0.1) is 0 Å². The summed E-state index contributed by atoms with van der Waals surface area (Å²) in [6.07, 6.45) is 0. The first-order chi connectivity index (χ1) is 6.25. The summed E-state index contributed by atoms with van der Waals surface area (Å²) in [6.45, 7) is 0. The summed E-state index contributed by atoms with van der Waals surface area (Å²) in [7, 11) is 0. The zero-order valence-corrected chi connectivity index (χ0v) is 10.9. The van der Waals surface area contributed by atoms with Crippen molar-refractivity contribution in [3.05, 3.63) is 32.6 Å². The molecule has 0 aliphatic rings. The van der Waals surface area contributed by atoms with E-state index in [4.69, 9.17) is 0 Å². The van der Waals surface area contributed by atoms with Crippen LogP contribution in [0.2, 0.25) is 0 Å². The van der Waals surface area contributed by atoms with E-state index in [0.29, 0.717) is 0 Å². The molecule has 0 aliphatic carbocycles. The molecule has 0 N–H and O–H groups in total. The molecule has 1 heterocycles. The lowest BCUT2D eigenvalue weighted by molar-refractivity contribution is 1.25. The maximum Gasteiger partial charge on any atom is 0.203 e. The summed E-state index contributed by atoms with van der Waals surface area (Å²) in [4.78, 5) is 4.30. The Morgan fingerprint density at radius 1 is 1.38 bits per heavy atom. The fourth-order valence-corrected chi connectivity index (χ4v) is 2.61. The molecular formula is C8H4BrIN2S. The molecule has 13 heavy (non-hydrogen) atoms. The summed E-state index contributed by atoms with van der Waals surface area (Å²) in [5.74, 6) is 0. The van der Waals surface area contributed by atoms with Crippen LogP contribution in [0.4, 0.5) is 0 Å². The van der Waals surface area contributed by atoms with Crippen LogP contribution in [0.15, 0.2) is 28.7 Å². The van der Waals surface area contributed by atoms with Crippen LogP contribution in [0.5, 0.6) is 0 Å². The van der Waals surface area contributed by atoms with Gasteiger partial charge < -0.3 is 0 Å². The Morgan fingerprint density at radius 3 is 2.85 bits per heavy atom. The SMILES string of the molecule is Brc1cccc(-c2nc(I)ns2)c1. The van der Waals surface area contributed by atoms with Gasteiger partial charge in [-0.3, -0.25) is 0 Å². The summed E-state index contributed by atoms with van der Waals surface area (Å²) in [5.41, 5.74) is 1.11. The first kappa shape index (κ1) is 9.54. The second-order valence-corrected chi connectivity index (χ2v) is 5.01. The summed E-state index contributed by atoms with van der Waals surface area (Å²) in [6, 6.07) is 8.06. The monoisotopic (exact) mass is 366 g/mol. The fraction of sp³-hybridized carbons (Fsp3) is 0. The minimum absolute atomic E-state index is 0.803. The Morgan fingerprint density at radius 2 is 2.23 bits per heavy atom. The van der Waals surface area contributed by atoms with Crippen LogP contribution in [0.1, 0.15) is 0 Å². The molecule has 0 atom stereocenters. The number of hydrogen-bond acceptors (Lipinski definition) is 3. The van der Waals surface area contributed by atoms with Gasteiger partial charge >= 0.3 is 0 Å². The quantitative estimate of drug-likeness (QED) is 0.721. The highest BCUT2D eigenvalue weighted by Gasteiger charge is 2.03. The lowest BCUT2D eigenvalue weighted by Crippen LogP contribution is -1.76. The van der Waals surface area contributed by atoms with Gasteiger partial charge in [0.25, 0.3) is 0 Å². The lowest BCUT2D eigenvalue weighted by atomic mass is 10.2. The minimum Gasteiger partial charge on any atom is -0.210 e. The van der Waals surface area contributed by atoms with Crippen LogP contribution < -0.4 is 0 Å². The molecule has 0 bridgehead atoms. The predicted molar refractivity (Wildman–Crippen MR) is 65.8 cm³/mol. The first-order valence-electron chi connectivity index (χ1n) is 3.51. The number of rotatable bonds is 1. The van der Waals surface area contributed by atoms with Crippen LogP contribution in [-0.2, 0) is 0 Å². The van der Waals surface area contributed by atoms with E-state index >= 15 is 0 Å². The van der Waals surface area contributed by atoms with Gasteiger partial charge in [-0.1, -0.05) is 28.1 Å². The Balaban J connectivity index is 2.46. The normalized spacial score (nSPS) is 10.3. The Kier molecular flexibility index (Phi) is 2.95. The molecule has 0 amide bonds. The minimum atomic E-state index is 0.803. The number of benzene rings is 1. The Labute approximate surface area is 102 Å². The van der Waals surface area contributed by atoms with Crippen molar-refractivity contribution in [2.45, 2.75) is 0 Å².